The van der Waals surface area contributed by atoms with Gasteiger partial charge in [-0.1, -0.05) is 0 Å². The second kappa shape index (κ2) is 3.96. The molecule has 0 radical (unpaired) electrons. The minimum Gasteiger partial charge on any atom is -0.454 e. The maximum absolute atomic E-state index is 11.7. The number of hydrogen-bond donors (Lipinski definition) is 0. The van der Waals surface area contributed by atoms with Crippen LogP contribution in [-0.4, -0.2) is 21.1 Å². The molecule has 0 N–H and O–H groups in total. The van der Waals surface area contributed by atoms with Gasteiger partial charge >= 0.3 is 11.8 Å². The fourth-order valence-electron chi connectivity index (χ4n) is 1.22. The van der Waals surface area contributed by atoms with Gasteiger partial charge in [-0.25, -0.2) is 9.36 Å². The number of carbonyl (C=O) groups excluding carboxylic acids is 1. The number of aromatic nitrogens is 1. The maximum atomic E-state index is 11.7. The van der Waals surface area contributed by atoms with Crippen molar-refractivity contribution in [3.05, 3.63) is 27.9 Å². The summed E-state index contributed by atoms with van der Waals surface area (Å²) in [7, 11) is 1.46. The average molecular weight is 226 g/mol. The van der Waals surface area contributed by atoms with Gasteiger partial charge in [0.15, 0.2) is 0 Å². The Bertz CT molecular complexity index is 429. The van der Waals surface area contributed by atoms with E-state index in [1.807, 2.05) is 0 Å². The van der Waals surface area contributed by atoms with Crippen molar-refractivity contribution in [3.63, 3.8) is 0 Å². The summed E-state index contributed by atoms with van der Waals surface area (Å²) in [4.78, 5) is 21.7. The van der Waals surface area contributed by atoms with Gasteiger partial charge < -0.3 is 14.9 Å². The lowest BCUT2D eigenvalue weighted by atomic mass is 10.2. The first-order valence-corrected chi connectivity index (χ1v) is 4.76. The summed E-state index contributed by atoms with van der Waals surface area (Å²) in [5, 5.41) is 10.6. The molecule has 1 rings (SSSR count). The normalized spacial score (nSPS) is 11.2. The fraction of sp³-hybridized carbons (Fsp3) is 0.500. The molecule has 0 spiro atoms. The third kappa shape index (κ3) is 2.59. The molecule has 6 heteroatoms. The Hall–Kier alpha value is -1.85. The SMILES string of the molecule is Cn1c(C(=O)OC(C)(C)C)ccc1[N+](=O)[O-]. The largest absolute Gasteiger partial charge is 0.454 e. The Morgan fingerprint density at radius 2 is 2.00 bits per heavy atom. The van der Waals surface area contributed by atoms with E-state index < -0.39 is 16.5 Å². The summed E-state index contributed by atoms with van der Waals surface area (Å²) in [6, 6.07) is 2.66. The molecule has 0 aliphatic carbocycles. The molecule has 0 amide bonds. The summed E-state index contributed by atoms with van der Waals surface area (Å²) in [5.41, 5.74) is -0.447. The van der Waals surface area contributed by atoms with E-state index in [4.69, 9.17) is 4.74 Å². The van der Waals surface area contributed by atoms with Crippen molar-refractivity contribution >= 4 is 11.8 Å². The van der Waals surface area contributed by atoms with Crippen molar-refractivity contribution in [2.45, 2.75) is 26.4 Å². The molecule has 0 aliphatic heterocycles. The van der Waals surface area contributed by atoms with E-state index >= 15 is 0 Å². The first-order valence-electron chi connectivity index (χ1n) is 4.76. The van der Waals surface area contributed by atoms with Crippen LogP contribution >= 0.6 is 0 Å². The van der Waals surface area contributed by atoms with Crippen LogP contribution in [0.25, 0.3) is 0 Å². The Kier molecular flexibility index (Phi) is 3.02. The number of ether oxygens (including phenoxy) is 1. The van der Waals surface area contributed by atoms with Crippen molar-refractivity contribution in [1.29, 1.82) is 0 Å². The van der Waals surface area contributed by atoms with Crippen molar-refractivity contribution in [2.24, 2.45) is 7.05 Å². The van der Waals surface area contributed by atoms with E-state index in [1.54, 1.807) is 20.8 Å². The van der Waals surface area contributed by atoms with E-state index in [0.29, 0.717) is 0 Å². The first kappa shape index (κ1) is 12.2. The van der Waals surface area contributed by atoms with E-state index in [1.165, 1.54) is 23.7 Å². The molecule has 1 heterocycles. The van der Waals surface area contributed by atoms with E-state index in [-0.39, 0.29) is 11.5 Å². The van der Waals surface area contributed by atoms with Gasteiger partial charge in [-0.05, 0) is 25.7 Å². The fourth-order valence-corrected chi connectivity index (χ4v) is 1.22. The molecule has 0 aliphatic rings. The molecule has 0 aromatic carbocycles. The zero-order valence-corrected chi connectivity index (χ0v) is 9.68. The third-order valence-electron chi connectivity index (χ3n) is 1.89. The van der Waals surface area contributed by atoms with Crippen LogP contribution in [0.3, 0.4) is 0 Å². The van der Waals surface area contributed by atoms with Crippen LogP contribution in [0, 0.1) is 10.1 Å². The lowest BCUT2D eigenvalue weighted by Gasteiger charge is -2.18. The van der Waals surface area contributed by atoms with E-state index in [0.717, 1.165) is 0 Å². The standard InChI is InChI=1S/C10H14N2O4/c1-10(2,3)16-9(13)7-5-6-8(11(7)4)12(14)15/h5-6H,1-4H3. The number of nitrogens with zero attached hydrogens (tertiary/aromatic N) is 2. The highest BCUT2D eigenvalue weighted by Crippen LogP contribution is 2.18. The topological polar surface area (TPSA) is 74.4 Å². The number of hydrogen-bond acceptors (Lipinski definition) is 4. The number of rotatable bonds is 2. The van der Waals surface area contributed by atoms with Crippen LogP contribution in [0.5, 0.6) is 0 Å². The lowest BCUT2D eigenvalue weighted by Crippen LogP contribution is -2.25. The second-order valence-corrected chi connectivity index (χ2v) is 4.39. The molecular weight excluding hydrogens is 212 g/mol. The maximum Gasteiger partial charge on any atom is 0.379 e. The van der Waals surface area contributed by atoms with Crippen LogP contribution in [0.2, 0.25) is 0 Å². The number of nitro groups is 1. The summed E-state index contributed by atoms with van der Waals surface area (Å²) in [6.07, 6.45) is 0. The molecule has 0 bridgehead atoms. The summed E-state index contributed by atoms with van der Waals surface area (Å²) < 4.78 is 6.32. The highest BCUT2D eigenvalue weighted by atomic mass is 16.6. The van der Waals surface area contributed by atoms with Gasteiger partial charge in [0.05, 0.1) is 7.05 Å². The Morgan fingerprint density at radius 3 is 2.38 bits per heavy atom. The van der Waals surface area contributed by atoms with Gasteiger partial charge in [-0.15, -0.1) is 0 Å². The molecule has 0 fully saturated rings. The lowest BCUT2D eigenvalue weighted by molar-refractivity contribution is -0.391. The molecule has 0 unspecified atom stereocenters. The molecule has 6 nitrogen and oxygen atoms in total. The minimum atomic E-state index is -0.615. The van der Waals surface area contributed by atoms with Crippen LogP contribution in [0.1, 0.15) is 31.3 Å². The first-order chi connectivity index (χ1) is 7.22. The van der Waals surface area contributed by atoms with Gasteiger partial charge in [-0.2, -0.15) is 0 Å². The molecule has 0 saturated heterocycles. The van der Waals surface area contributed by atoms with Gasteiger partial charge in [0, 0.05) is 12.1 Å². The molecule has 1 aromatic heterocycles. The van der Waals surface area contributed by atoms with Crippen LogP contribution < -0.4 is 0 Å². The quantitative estimate of drug-likeness (QED) is 0.438. The number of carbonyl (C=O) groups is 1. The van der Waals surface area contributed by atoms with Crippen molar-refractivity contribution in [2.75, 3.05) is 0 Å². The van der Waals surface area contributed by atoms with Crippen molar-refractivity contribution < 1.29 is 14.5 Å². The molecule has 16 heavy (non-hydrogen) atoms. The van der Waals surface area contributed by atoms with Gasteiger partial charge in [0.1, 0.15) is 5.60 Å². The van der Waals surface area contributed by atoms with E-state index in [2.05, 4.69) is 0 Å². The Labute approximate surface area is 93.0 Å². The molecule has 1 aromatic rings. The molecule has 88 valence electrons. The Balaban J connectivity index is 2.98. The van der Waals surface area contributed by atoms with Gasteiger partial charge in [-0.3, -0.25) is 0 Å². The van der Waals surface area contributed by atoms with Gasteiger partial charge in [0.25, 0.3) is 0 Å². The van der Waals surface area contributed by atoms with Crippen LogP contribution in [0.4, 0.5) is 5.82 Å². The predicted octanol–water partition coefficient (Wildman–Crippen LogP) is 1.89. The molecule has 0 atom stereocenters. The van der Waals surface area contributed by atoms with Crippen molar-refractivity contribution in [3.8, 4) is 0 Å². The predicted molar refractivity (Wildman–Crippen MR) is 57.2 cm³/mol. The summed E-state index contributed by atoms with van der Waals surface area (Å²) in [6.45, 7) is 5.22. The summed E-state index contributed by atoms with van der Waals surface area (Å²) in [5.74, 6) is -0.705. The highest BCUT2D eigenvalue weighted by Gasteiger charge is 2.25. The van der Waals surface area contributed by atoms with Crippen LogP contribution in [0.15, 0.2) is 12.1 Å². The highest BCUT2D eigenvalue weighted by molar-refractivity contribution is 5.88. The monoisotopic (exact) mass is 226 g/mol. The molecular formula is C10H14N2O4. The zero-order chi connectivity index (χ0) is 12.5. The van der Waals surface area contributed by atoms with Gasteiger partial charge in [0.2, 0.25) is 5.69 Å². The zero-order valence-electron chi connectivity index (χ0n) is 9.68. The smallest absolute Gasteiger partial charge is 0.379 e. The third-order valence-corrected chi connectivity index (χ3v) is 1.89. The Morgan fingerprint density at radius 1 is 1.44 bits per heavy atom. The minimum absolute atomic E-state index is 0.138. The van der Waals surface area contributed by atoms with E-state index in [9.17, 15) is 14.9 Å². The number of esters is 1. The average Bonchev–Trinajstić information content (AvgIpc) is 2.43. The second-order valence-electron chi connectivity index (χ2n) is 4.39. The van der Waals surface area contributed by atoms with Crippen molar-refractivity contribution in [1.82, 2.24) is 4.57 Å². The van der Waals surface area contributed by atoms with Crippen LogP contribution in [-0.2, 0) is 11.8 Å². The summed E-state index contributed by atoms with van der Waals surface area (Å²) >= 11 is 0. The molecule has 0 saturated carbocycles.